The van der Waals surface area contributed by atoms with E-state index in [1.807, 2.05) is 0 Å². The molecule has 4 nitrogen and oxygen atoms in total. The van der Waals surface area contributed by atoms with Crippen LogP contribution < -0.4 is 10.2 Å². The Morgan fingerprint density at radius 3 is 1.12 bits per heavy atom. The minimum absolute atomic E-state index is 0. The summed E-state index contributed by atoms with van der Waals surface area (Å²) in [5, 5.41) is 17.9. The molecule has 0 aliphatic heterocycles. The van der Waals surface area contributed by atoms with E-state index >= 15 is 0 Å². The van der Waals surface area contributed by atoms with Gasteiger partial charge in [0, 0.05) is 0 Å². The molecule has 0 aromatic rings. The summed E-state index contributed by atoms with van der Waals surface area (Å²) in [4.78, 5) is 17.9. The Morgan fingerprint density at radius 2 is 1.12 bits per heavy atom. The average molecular weight is 200 g/mol. The summed E-state index contributed by atoms with van der Waals surface area (Å²) in [7, 11) is 0. The zero-order chi connectivity index (χ0) is 5.15. The van der Waals surface area contributed by atoms with Gasteiger partial charge in [0.1, 0.15) is 0 Å². The molecule has 0 fully saturated rings. The van der Waals surface area contributed by atoms with Gasteiger partial charge in [-0.25, -0.2) is 0 Å². The van der Waals surface area contributed by atoms with Crippen molar-refractivity contribution in [2.24, 2.45) is 0 Å². The van der Waals surface area contributed by atoms with Gasteiger partial charge in [-0.2, -0.15) is 0 Å². The first-order chi connectivity index (χ1) is 2.64. The van der Waals surface area contributed by atoms with E-state index in [9.17, 15) is 0 Å². The molecule has 0 aliphatic rings. The van der Waals surface area contributed by atoms with Gasteiger partial charge in [-0.1, -0.05) is 0 Å². The average Bonchev–Trinajstić information content (AvgIpc) is 1.36. The summed E-state index contributed by atoms with van der Waals surface area (Å²) in [5.74, 6) is -4.37. The minimum atomic E-state index is -2.19. The second-order valence-corrected chi connectivity index (χ2v) is 0.575. The zero-order valence-electron chi connectivity index (χ0n) is 3.34. The SMILES string of the molecule is O=C([O-])C(=O)[O-].[Fe+2].[Fe+3]. The molecular formula is C2Fe2O4+3. The molecule has 1 radical (unpaired) electrons. The van der Waals surface area contributed by atoms with E-state index in [1.165, 1.54) is 0 Å². The van der Waals surface area contributed by atoms with Crippen LogP contribution in [0.4, 0.5) is 0 Å². The van der Waals surface area contributed by atoms with E-state index in [-0.39, 0.29) is 34.1 Å². The molecular weight excluding hydrogens is 200 g/mol. The van der Waals surface area contributed by atoms with Gasteiger partial charge in [0.05, 0.1) is 11.9 Å². The molecule has 0 rings (SSSR count). The molecule has 0 unspecified atom stereocenters. The maximum Gasteiger partial charge on any atom is 3.00 e. The van der Waals surface area contributed by atoms with Crippen LogP contribution in [0.3, 0.4) is 0 Å². The minimum Gasteiger partial charge on any atom is -0.543 e. The number of carbonyl (C=O) groups is 2. The summed E-state index contributed by atoms with van der Waals surface area (Å²) < 4.78 is 0. The zero-order valence-corrected chi connectivity index (χ0v) is 5.55. The molecule has 8 heavy (non-hydrogen) atoms. The molecule has 0 atom stereocenters. The predicted molar refractivity (Wildman–Crippen MR) is 10.0 cm³/mol. The summed E-state index contributed by atoms with van der Waals surface area (Å²) in [6.45, 7) is 0. The van der Waals surface area contributed by atoms with Crippen LogP contribution >= 0.6 is 0 Å². The van der Waals surface area contributed by atoms with Gasteiger partial charge in [0.15, 0.2) is 0 Å². The van der Waals surface area contributed by atoms with Crippen LogP contribution in [0.25, 0.3) is 0 Å². The van der Waals surface area contributed by atoms with E-state index in [2.05, 4.69) is 0 Å². The standard InChI is InChI=1S/C2H2O4.2Fe/c3-1(4)2(5)6;;/h(H,3,4)(H,5,6);;/q;+2;+3/p-2. The summed E-state index contributed by atoms with van der Waals surface area (Å²) in [6, 6.07) is 0. The summed E-state index contributed by atoms with van der Waals surface area (Å²) >= 11 is 0. The fourth-order valence-electron chi connectivity index (χ4n) is 0. The van der Waals surface area contributed by atoms with E-state index in [4.69, 9.17) is 19.8 Å². The van der Waals surface area contributed by atoms with Crippen molar-refractivity contribution in [3.63, 3.8) is 0 Å². The fourth-order valence-corrected chi connectivity index (χ4v) is 0. The molecule has 0 spiro atoms. The number of aliphatic carboxylic acids is 2. The molecule has 0 aromatic heterocycles. The third kappa shape index (κ3) is 9.36. The van der Waals surface area contributed by atoms with Gasteiger partial charge >= 0.3 is 34.1 Å². The van der Waals surface area contributed by atoms with E-state index < -0.39 is 11.9 Å². The molecule has 0 bridgehead atoms. The quantitative estimate of drug-likeness (QED) is 0.299. The second kappa shape index (κ2) is 6.98. The van der Waals surface area contributed by atoms with Crippen LogP contribution in [-0.4, -0.2) is 11.9 Å². The van der Waals surface area contributed by atoms with E-state index in [1.54, 1.807) is 0 Å². The number of carboxylic acid groups (broad SMARTS) is 2. The maximum atomic E-state index is 8.93. The number of rotatable bonds is 0. The van der Waals surface area contributed by atoms with Gasteiger partial charge < -0.3 is 19.8 Å². The topological polar surface area (TPSA) is 80.3 Å². The van der Waals surface area contributed by atoms with Gasteiger partial charge in [-0.15, -0.1) is 0 Å². The van der Waals surface area contributed by atoms with Crippen molar-refractivity contribution in [3.05, 3.63) is 0 Å². The number of carbonyl (C=O) groups excluding carboxylic acids is 2. The van der Waals surface area contributed by atoms with Crippen molar-refractivity contribution < 1.29 is 53.9 Å². The molecule has 0 N–H and O–H groups in total. The predicted octanol–water partition coefficient (Wildman–Crippen LogP) is -3.52. The molecule has 0 saturated heterocycles. The van der Waals surface area contributed by atoms with Crippen molar-refractivity contribution >= 4 is 11.9 Å². The van der Waals surface area contributed by atoms with Gasteiger partial charge in [0.25, 0.3) is 0 Å². The number of hydrogen-bond acceptors (Lipinski definition) is 4. The third-order valence-electron chi connectivity index (χ3n) is 0.167. The van der Waals surface area contributed by atoms with Crippen LogP contribution in [-0.2, 0) is 43.7 Å². The molecule has 0 amide bonds. The van der Waals surface area contributed by atoms with Crippen molar-refractivity contribution in [2.45, 2.75) is 0 Å². The van der Waals surface area contributed by atoms with Gasteiger partial charge in [-0.3, -0.25) is 0 Å². The van der Waals surface area contributed by atoms with Crippen molar-refractivity contribution in [3.8, 4) is 0 Å². The largest absolute Gasteiger partial charge is 3.00 e. The molecule has 45 valence electrons. The molecule has 0 aromatic carbocycles. The number of carboxylic acids is 2. The molecule has 0 heterocycles. The smallest absolute Gasteiger partial charge is 0.543 e. The van der Waals surface area contributed by atoms with Crippen LogP contribution in [0.1, 0.15) is 0 Å². The van der Waals surface area contributed by atoms with Crippen LogP contribution in [0.15, 0.2) is 0 Å². The molecule has 6 heteroatoms. The Bertz CT molecular complexity index is 78.0. The first-order valence-electron chi connectivity index (χ1n) is 1.07. The molecule has 0 saturated carbocycles. The Morgan fingerprint density at radius 1 is 1.00 bits per heavy atom. The Labute approximate surface area is 66.2 Å². The Balaban J connectivity index is -0.000000125. The third-order valence-corrected chi connectivity index (χ3v) is 0.167. The van der Waals surface area contributed by atoms with Crippen molar-refractivity contribution in [2.75, 3.05) is 0 Å². The Kier molecular flexibility index (Phi) is 13.7. The maximum absolute atomic E-state index is 8.93. The van der Waals surface area contributed by atoms with Crippen molar-refractivity contribution in [1.29, 1.82) is 0 Å². The summed E-state index contributed by atoms with van der Waals surface area (Å²) in [5.41, 5.74) is 0. The van der Waals surface area contributed by atoms with Crippen LogP contribution in [0, 0.1) is 0 Å². The second-order valence-electron chi connectivity index (χ2n) is 0.575. The monoisotopic (exact) mass is 200 g/mol. The first-order valence-corrected chi connectivity index (χ1v) is 1.07. The van der Waals surface area contributed by atoms with E-state index in [0.29, 0.717) is 0 Å². The summed E-state index contributed by atoms with van der Waals surface area (Å²) in [6.07, 6.45) is 0. The van der Waals surface area contributed by atoms with Crippen LogP contribution in [0.5, 0.6) is 0 Å². The van der Waals surface area contributed by atoms with Crippen molar-refractivity contribution in [1.82, 2.24) is 0 Å². The normalized spacial score (nSPS) is 5.50. The number of hydrogen-bond donors (Lipinski definition) is 0. The van der Waals surface area contributed by atoms with Gasteiger partial charge in [-0.05, 0) is 0 Å². The van der Waals surface area contributed by atoms with Gasteiger partial charge in [0.2, 0.25) is 0 Å². The fraction of sp³-hybridized carbons (Fsp3) is 0. The first kappa shape index (κ1) is 15.7. The van der Waals surface area contributed by atoms with Crippen LogP contribution in [0.2, 0.25) is 0 Å². The van der Waals surface area contributed by atoms with E-state index in [0.717, 1.165) is 0 Å². The molecule has 0 aliphatic carbocycles. The Hall–Kier alpha value is -0.0210.